The molecule has 2 atom stereocenters. The highest BCUT2D eigenvalue weighted by Crippen LogP contribution is 2.40. The number of amidine groups is 1. The Balaban J connectivity index is 1.85. The highest BCUT2D eigenvalue weighted by molar-refractivity contribution is 7.92. The van der Waals surface area contributed by atoms with E-state index >= 15 is 0 Å². The molecule has 11 nitrogen and oxygen atoms in total. The summed E-state index contributed by atoms with van der Waals surface area (Å²) in [5.74, 6) is -3.23. The van der Waals surface area contributed by atoms with E-state index in [9.17, 15) is 26.4 Å². The predicted octanol–water partition coefficient (Wildman–Crippen LogP) is 1.57. The van der Waals surface area contributed by atoms with Crippen molar-refractivity contribution in [3.63, 3.8) is 0 Å². The molecule has 2 aliphatic rings. The van der Waals surface area contributed by atoms with Crippen LogP contribution in [0, 0.1) is 5.92 Å². The molecule has 0 fully saturated rings. The van der Waals surface area contributed by atoms with Gasteiger partial charge in [-0.15, -0.1) is 11.0 Å². The van der Waals surface area contributed by atoms with Gasteiger partial charge in [0.1, 0.15) is 22.2 Å². The quantitative estimate of drug-likeness (QED) is 0.281. The minimum absolute atomic E-state index is 0.0170. The molecule has 2 unspecified atom stereocenters. The number of anilines is 2. The number of hydrogen-bond acceptors (Lipinski definition) is 9. The number of fused-ring (bicyclic) bond motifs is 2. The van der Waals surface area contributed by atoms with Crippen LogP contribution in [-0.4, -0.2) is 47.6 Å². The molecular weight excluding hydrogens is 496 g/mol. The molecule has 35 heavy (non-hydrogen) atoms. The Morgan fingerprint density at radius 3 is 2.60 bits per heavy atom. The van der Waals surface area contributed by atoms with Crippen molar-refractivity contribution in [2.75, 3.05) is 23.4 Å². The van der Waals surface area contributed by atoms with E-state index in [0.717, 1.165) is 12.3 Å². The van der Waals surface area contributed by atoms with Gasteiger partial charge in [-0.05, 0) is 30.2 Å². The second kappa shape index (κ2) is 8.68. The van der Waals surface area contributed by atoms with Crippen molar-refractivity contribution in [3.8, 4) is 0 Å². The first-order valence-electron chi connectivity index (χ1n) is 10.3. The minimum Gasteiger partial charge on any atom is -0.341 e. The third kappa shape index (κ3) is 4.27. The zero-order valence-corrected chi connectivity index (χ0v) is 20.4. The number of nitrogens with zero attached hydrogens (tertiary/aromatic N) is 1. The molecule has 0 aromatic heterocycles. The van der Waals surface area contributed by atoms with Gasteiger partial charge in [-0.2, -0.15) is 13.9 Å². The predicted molar refractivity (Wildman–Crippen MR) is 129 cm³/mol. The van der Waals surface area contributed by atoms with Crippen molar-refractivity contribution >= 4 is 48.8 Å². The van der Waals surface area contributed by atoms with Crippen LogP contribution < -0.4 is 15.5 Å². The molecule has 2 aromatic rings. The van der Waals surface area contributed by atoms with Gasteiger partial charge < -0.3 is 10.2 Å². The summed E-state index contributed by atoms with van der Waals surface area (Å²) in [7, 11) is -6.72. The lowest BCUT2D eigenvalue weighted by Gasteiger charge is -2.40. The fraction of sp³-hybridized carbons (Fsp3) is 0.227. The lowest BCUT2D eigenvalue weighted by molar-refractivity contribution is -0.133. The fourth-order valence-corrected chi connectivity index (χ4v) is 6.04. The van der Waals surface area contributed by atoms with E-state index in [1.807, 2.05) is 0 Å². The smallest absolute Gasteiger partial charge is 0.286 e. The number of hydrogen-bond donors (Lipinski definition) is 3. The van der Waals surface area contributed by atoms with E-state index in [-0.39, 0.29) is 34.1 Å². The van der Waals surface area contributed by atoms with Crippen LogP contribution in [0.5, 0.6) is 0 Å². The summed E-state index contributed by atoms with van der Waals surface area (Å²) < 4.78 is 55.1. The number of carbonyl (C=O) groups excluding carboxylic acids is 2. The molecule has 0 bridgehead atoms. The number of sulfonamides is 2. The Bertz CT molecular complexity index is 1500. The maximum Gasteiger partial charge on any atom is 0.286 e. The minimum atomic E-state index is -4.39. The molecule has 2 aromatic carbocycles. The van der Waals surface area contributed by atoms with Gasteiger partial charge in [0.05, 0.1) is 19.1 Å². The Morgan fingerprint density at radius 2 is 1.94 bits per heavy atom. The van der Waals surface area contributed by atoms with Crippen LogP contribution in [0.15, 0.2) is 64.4 Å². The van der Waals surface area contributed by atoms with Crippen LogP contribution in [0.4, 0.5) is 11.4 Å². The van der Waals surface area contributed by atoms with Gasteiger partial charge in [-0.25, -0.2) is 8.42 Å². The van der Waals surface area contributed by atoms with Crippen molar-refractivity contribution in [1.82, 2.24) is 5.48 Å². The highest BCUT2D eigenvalue weighted by atomic mass is 32.2. The van der Waals surface area contributed by atoms with Crippen LogP contribution in [0.1, 0.15) is 22.3 Å². The van der Waals surface area contributed by atoms with Gasteiger partial charge in [-0.3, -0.25) is 14.3 Å². The molecule has 184 valence electrons. The molecule has 0 spiro atoms. The van der Waals surface area contributed by atoms with E-state index in [4.69, 9.17) is 4.84 Å². The molecule has 13 heteroatoms. The van der Waals surface area contributed by atoms with E-state index in [1.165, 1.54) is 25.3 Å². The largest absolute Gasteiger partial charge is 0.341 e. The average molecular weight is 519 g/mol. The van der Waals surface area contributed by atoms with Crippen LogP contribution in [0.2, 0.25) is 0 Å². The van der Waals surface area contributed by atoms with Gasteiger partial charge in [0.15, 0.2) is 11.6 Å². The van der Waals surface area contributed by atoms with Gasteiger partial charge >= 0.3 is 0 Å². The van der Waals surface area contributed by atoms with E-state index < -0.39 is 43.1 Å². The molecular formula is C22H22N4O7S2. The molecule has 3 N–H and O–H groups in total. The van der Waals surface area contributed by atoms with Crippen LogP contribution in [-0.2, 0) is 35.2 Å². The number of Topliss-reactive ketones (excluding diaryl/α,β-unsaturated/α-hetero) is 2. The molecule has 1 aliphatic carbocycles. The topological polar surface area (TPSA) is 160 Å². The average Bonchev–Trinajstić information content (AvgIpc) is 2.77. The van der Waals surface area contributed by atoms with Crippen molar-refractivity contribution in [2.24, 2.45) is 10.3 Å². The van der Waals surface area contributed by atoms with E-state index in [1.54, 1.807) is 24.3 Å². The Kier molecular flexibility index (Phi) is 6.13. The number of carbonyl (C=O) groups is 2. The maximum atomic E-state index is 13.8. The van der Waals surface area contributed by atoms with E-state index in [0.29, 0.717) is 5.56 Å². The summed E-state index contributed by atoms with van der Waals surface area (Å²) in [4.78, 5) is 32.1. The van der Waals surface area contributed by atoms with Crippen molar-refractivity contribution in [2.45, 2.75) is 16.9 Å². The SMILES string of the molecule is C=CCC1(NOC)C(=O)C(C2=NS(=O)(=O)c3cc(NS(C)(=O)=O)ccc3N2)C(=O)c2ccccc21. The Morgan fingerprint density at radius 1 is 1.23 bits per heavy atom. The summed E-state index contributed by atoms with van der Waals surface area (Å²) >= 11 is 0. The standard InChI is InChI=1S/C22H22N4O7S2/c1-4-11-22(26-33-2)15-8-6-5-7-14(15)19(27)18(20(22)28)21-23-16-10-9-13(24-34(3,29)30)12-17(16)35(31,32)25-21/h4-10,12,18,24,26H,1,11H2,2-3H3,(H,23,25). The van der Waals surface area contributed by atoms with Crippen LogP contribution in [0.25, 0.3) is 0 Å². The summed E-state index contributed by atoms with van der Waals surface area (Å²) in [5, 5.41) is 2.78. The number of ketones is 2. The van der Waals surface area contributed by atoms with Gasteiger partial charge in [0.2, 0.25) is 10.0 Å². The van der Waals surface area contributed by atoms with Gasteiger partial charge in [0, 0.05) is 11.3 Å². The fourth-order valence-electron chi connectivity index (χ4n) is 4.30. The first kappa shape index (κ1) is 24.7. The second-order valence-corrected chi connectivity index (χ2v) is 11.4. The van der Waals surface area contributed by atoms with Gasteiger partial charge in [-0.1, -0.05) is 30.3 Å². The third-order valence-corrected chi connectivity index (χ3v) is 7.58. The van der Waals surface area contributed by atoms with E-state index in [2.05, 4.69) is 26.5 Å². The molecule has 0 saturated carbocycles. The summed E-state index contributed by atoms with van der Waals surface area (Å²) in [6.45, 7) is 3.71. The number of benzene rings is 2. The Hall–Kier alpha value is -3.39. The van der Waals surface area contributed by atoms with Crippen molar-refractivity contribution in [1.29, 1.82) is 0 Å². The van der Waals surface area contributed by atoms with Crippen molar-refractivity contribution < 1.29 is 31.3 Å². The monoisotopic (exact) mass is 518 g/mol. The summed E-state index contributed by atoms with van der Waals surface area (Å²) in [5.41, 5.74) is 1.83. The summed E-state index contributed by atoms with van der Waals surface area (Å²) in [6, 6.07) is 10.2. The zero-order chi connectivity index (χ0) is 25.6. The number of hydroxylamine groups is 1. The number of nitrogens with one attached hydrogen (secondary N) is 3. The molecule has 4 rings (SSSR count). The van der Waals surface area contributed by atoms with Crippen molar-refractivity contribution in [3.05, 3.63) is 66.2 Å². The summed E-state index contributed by atoms with van der Waals surface area (Å²) in [6.07, 6.45) is 2.47. The lowest BCUT2D eigenvalue weighted by atomic mass is 9.68. The third-order valence-electron chi connectivity index (χ3n) is 5.64. The molecule has 0 saturated heterocycles. The van der Waals surface area contributed by atoms with Crippen LogP contribution in [0.3, 0.4) is 0 Å². The highest BCUT2D eigenvalue weighted by Gasteiger charge is 2.54. The zero-order valence-electron chi connectivity index (χ0n) is 18.7. The normalized spacial score (nSPS) is 22.9. The molecule has 0 amide bonds. The first-order valence-corrected chi connectivity index (χ1v) is 13.6. The molecule has 1 heterocycles. The first-order chi connectivity index (χ1) is 16.4. The molecule has 0 radical (unpaired) electrons. The molecule has 1 aliphatic heterocycles. The second-order valence-electron chi connectivity index (χ2n) is 8.07. The van der Waals surface area contributed by atoms with Gasteiger partial charge in [0.25, 0.3) is 10.0 Å². The lowest BCUT2D eigenvalue weighted by Crippen LogP contribution is -2.58. The number of rotatable bonds is 7. The van der Waals surface area contributed by atoms with Crippen LogP contribution >= 0.6 is 0 Å². The maximum absolute atomic E-state index is 13.8. The Labute approximate surface area is 202 Å².